The molecule has 2 rings (SSSR count). The zero-order chi connectivity index (χ0) is 13.1. The van der Waals surface area contributed by atoms with Crippen molar-refractivity contribution < 1.29 is 14.3 Å². The highest BCUT2D eigenvalue weighted by atomic mass is 35.5. The second kappa shape index (κ2) is 5.78. The average Bonchev–Trinajstić information content (AvgIpc) is 3.13. The molecule has 1 aromatic rings. The molecule has 0 saturated heterocycles. The summed E-state index contributed by atoms with van der Waals surface area (Å²) in [6, 6.07) is 2.90. The fraction of sp³-hybridized carbons (Fsp3) is 0.417. The third kappa shape index (κ3) is 3.51. The van der Waals surface area contributed by atoms with Crippen LogP contribution >= 0.6 is 23.2 Å². The standard InChI is InChI=1S/C12H13Cl2NO3/c13-10-4-8(15)3-9(11(10)14)12(16)18-6-17-5-7-1-2-7/h3-4,7H,1-2,5-6,15H2. The van der Waals surface area contributed by atoms with Crippen molar-refractivity contribution in [3.8, 4) is 0 Å². The van der Waals surface area contributed by atoms with Crippen LogP contribution in [0.2, 0.25) is 10.0 Å². The summed E-state index contributed by atoms with van der Waals surface area (Å²) in [6.45, 7) is 0.538. The summed E-state index contributed by atoms with van der Waals surface area (Å²) in [5.41, 5.74) is 6.09. The van der Waals surface area contributed by atoms with Crippen LogP contribution in [0.4, 0.5) is 5.69 Å². The van der Waals surface area contributed by atoms with Crippen LogP contribution in [-0.4, -0.2) is 19.4 Å². The maximum Gasteiger partial charge on any atom is 0.341 e. The van der Waals surface area contributed by atoms with E-state index in [1.165, 1.54) is 25.0 Å². The number of nitrogen functional groups attached to an aromatic ring is 1. The smallest absolute Gasteiger partial charge is 0.341 e. The molecule has 18 heavy (non-hydrogen) atoms. The number of nitrogens with two attached hydrogens (primary N) is 1. The van der Waals surface area contributed by atoms with Gasteiger partial charge in [-0.25, -0.2) is 4.79 Å². The van der Waals surface area contributed by atoms with Crippen LogP contribution in [0.3, 0.4) is 0 Å². The van der Waals surface area contributed by atoms with Crippen LogP contribution in [0.15, 0.2) is 12.1 Å². The lowest BCUT2D eigenvalue weighted by Crippen LogP contribution is -2.11. The summed E-state index contributed by atoms with van der Waals surface area (Å²) in [5, 5.41) is 0.362. The molecule has 0 heterocycles. The van der Waals surface area contributed by atoms with Crippen molar-refractivity contribution in [2.24, 2.45) is 5.92 Å². The van der Waals surface area contributed by atoms with E-state index in [1.54, 1.807) is 0 Å². The maximum absolute atomic E-state index is 11.7. The van der Waals surface area contributed by atoms with E-state index in [4.69, 9.17) is 38.4 Å². The van der Waals surface area contributed by atoms with Crippen molar-refractivity contribution in [3.63, 3.8) is 0 Å². The van der Waals surface area contributed by atoms with Crippen LogP contribution in [0.1, 0.15) is 23.2 Å². The zero-order valence-electron chi connectivity index (χ0n) is 9.62. The second-order valence-corrected chi connectivity index (χ2v) is 5.01. The van der Waals surface area contributed by atoms with Crippen molar-refractivity contribution in [1.29, 1.82) is 0 Å². The first-order chi connectivity index (χ1) is 8.58. The molecule has 0 aromatic heterocycles. The predicted octanol–water partition coefficient (Wildman–Crippen LogP) is 3.12. The Morgan fingerprint density at radius 2 is 2.11 bits per heavy atom. The van der Waals surface area contributed by atoms with E-state index in [0.717, 1.165) is 0 Å². The summed E-state index contributed by atoms with van der Waals surface area (Å²) in [5.74, 6) is 0.0269. The van der Waals surface area contributed by atoms with Crippen LogP contribution in [-0.2, 0) is 9.47 Å². The molecule has 0 unspecified atom stereocenters. The second-order valence-electron chi connectivity index (χ2n) is 4.23. The van der Waals surface area contributed by atoms with Crippen molar-refractivity contribution in [1.82, 2.24) is 0 Å². The van der Waals surface area contributed by atoms with Gasteiger partial charge in [-0.2, -0.15) is 0 Å². The minimum absolute atomic E-state index is 0.0852. The molecular weight excluding hydrogens is 277 g/mol. The highest BCUT2D eigenvalue weighted by Gasteiger charge is 2.21. The van der Waals surface area contributed by atoms with E-state index in [9.17, 15) is 4.79 Å². The summed E-state index contributed by atoms with van der Waals surface area (Å²) in [6.07, 6.45) is 2.37. The predicted molar refractivity (Wildman–Crippen MR) is 69.8 cm³/mol. The van der Waals surface area contributed by atoms with Crippen LogP contribution in [0.25, 0.3) is 0 Å². The summed E-state index contributed by atoms with van der Waals surface area (Å²) in [7, 11) is 0. The van der Waals surface area contributed by atoms with Crippen LogP contribution in [0, 0.1) is 5.92 Å². The number of carbonyl (C=O) groups excluding carboxylic acids is 1. The number of anilines is 1. The first-order valence-electron chi connectivity index (χ1n) is 5.57. The van der Waals surface area contributed by atoms with E-state index >= 15 is 0 Å². The number of benzene rings is 1. The molecule has 98 valence electrons. The summed E-state index contributed by atoms with van der Waals surface area (Å²) < 4.78 is 10.1. The molecule has 0 bridgehead atoms. The maximum atomic E-state index is 11.7. The molecule has 1 aromatic carbocycles. The van der Waals surface area contributed by atoms with Gasteiger partial charge in [-0.1, -0.05) is 23.2 Å². The van der Waals surface area contributed by atoms with E-state index < -0.39 is 5.97 Å². The van der Waals surface area contributed by atoms with Gasteiger partial charge in [0, 0.05) is 5.69 Å². The molecule has 0 atom stereocenters. The number of halogens is 2. The Morgan fingerprint density at radius 1 is 1.39 bits per heavy atom. The lowest BCUT2D eigenvalue weighted by molar-refractivity contribution is -0.0344. The number of hydrogen-bond donors (Lipinski definition) is 1. The third-order valence-electron chi connectivity index (χ3n) is 2.59. The Balaban J connectivity index is 1.90. The highest BCUT2D eigenvalue weighted by molar-refractivity contribution is 6.44. The Hall–Kier alpha value is -0.970. The normalized spacial score (nSPS) is 14.6. The quantitative estimate of drug-likeness (QED) is 0.392. The van der Waals surface area contributed by atoms with Gasteiger partial charge in [-0.3, -0.25) is 0 Å². The van der Waals surface area contributed by atoms with Crippen LogP contribution < -0.4 is 5.73 Å². The topological polar surface area (TPSA) is 61.6 Å². The minimum Gasteiger partial charge on any atom is -0.435 e. The van der Waals surface area contributed by atoms with E-state index in [0.29, 0.717) is 18.2 Å². The van der Waals surface area contributed by atoms with Gasteiger partial charge in [-0.05, 0) is 30.9 Å². The Kier molecular flexibility index (Phi) is 4.32. The average molecular weight is 290 g/mol. The molecule has 1 fully saturated rings. The molecule has 0 spiro atoms. The molecule has 2 N–H and O–H groups in total. The van der Waals surface area contributed by atoms with Crippen molar-refractivity contribution in [2.75, 3.05) is 19.1 Å². The Morgan fingerprint density at radius 3 is 2.78 bits per heavy atom. The van der Waals surface area contributed by atoms with Gasteiger partial charge < -0.3 is 15.2 Å². The molecule has 4 nitrogen and oxygen atoms in total. The van der Waals surface area contributed by atoms with E-state index in [1.807, 2.05) is 0 Å². The van der Waals surface area contributed by atoms with Gasteiger partial charge in [0.05, 0.1) is 22.2 Å². The lowest BCUT2D eigenvalue weighted by Gasteiger charge is -2.08. The van der Waals surface area contributed by atoms with Gasteiger partial charge in [0.2, 0.25) is 0 Å². The van der Waals surface area contributed by atoms with Crippen LogP contribution in [0.5, 0.6) is 0 Å². The van der Waals surface area contributed by atoms with E-state index in [2.05, 4.69) is 0 Å². The molecule has 0 aliphatic heterocycles. The zero-order valence-corrected chi connectivity index (χ0v) is 11.1. The number of esters is 1. The van der Waals surface area contributed by atoms with Gasteiger partial charge in [0.1, 0.15) is 0 Å². The fourth-order valence-corrected chi connectivity index (χ4v) is 1.84. The minimum atomic E-state index is -0.593. The molecular formula is C12H13Cl2NO3. The SMILES string of the molecule is Nc1cc(Cl)c(Cl)c(C(=O)OCOCC2CC2)c1. The Bertz CT molecular complexity index is 461. The molecule has 0 radical (unpaired) electrons. The molecule has 6 heteroatoms. The number of carbonyl (C=O) groups is 1. The number of hydrogen-bond acceptors (Lipinski definition) is 4. The fourth-order valence-electron chi connectivity index (χ4n) is 1.43. The third-order valence-corrected chi connectivity index (χ3v) is 3.40. The largest absolute Gasteiger partial charge is 0.435 e. The number of ether oxygens (including phenoxy) is 2. The van der Waals surface area contributed by atoms with Gasteiger partial charge >= 0.3 is 5.97 Å². The van der Waals surface area contributed by atoms with Gasteiger partial charge in [0.25, 0.3) is 0 Å². The highest BCUT2D eigenvalue weighted by Crippen LogP contribution is 2.30. The molecule has 1 aliphatic rings. The van der Waals surface area contributed by atoms with Crippen molar-refractivity contribution >= 4 is 34.9 Å². The molecule has 0 amide bonds. The number of rotatable bonds is 5. The Labute approximate surface area is 115 Å². The monoisotopic (exact) mass is 289 g/mol. The van der Waals surface area contributed by atoms with Crippen molar-refractivity contribution in [2.45, 2.75) is 12.8 Å². The first-order valence-corrected chi connectivity index (χ1v) is 6.33. The lowest BCUT2D eigenvalue weighted by atomic mass is 10.2. The molecule has 1 aliphatic carbocycles. The first kappa shape index (κ1) is 13.5. The summed E-state index contributed by atoms with van der Waals surface area (Å²) in [4.78, 5) is 11.7. The summed E-state index contributed by atoms with van der Waals surface area (Å²) >= 11 is 11.7. The van der Waals surface area contributed by atoms with E-state index in [-0.39, 0.29) is 22.4 Å². The van der Waals surface area contributed by atoms with Gasteiger partial charge in [-0.15, -0.1) is 0 Å². The molecule has 1 saturated carbocycles. The van der Waals surface area contributed by atoms with Gasteiger partial charge in [0.15, 0.2) is 6.79 Å². The van der Waals surface area contributed by atoms with Crippen molar-refractivity contribution in [3.05, 3.63) is 27.7 Å².